The molecule has 3 heterocycles. The maximum atomic E-state index is 12.2. The van der Waals surface area contributed by atoms with Crippen LogP contribution in [0.25, 0.3) is 11.4 Å². The van der Waals surface area contributed by atoms with E-state index in [1.807, 2.05) is 23.2 Å². The van der Waals surface area contributed by atoms with Crippen molar-refractivity contribution in [3.8, 4) is 11.4 Å². The van der Waals surface area contributed by atoms with Gasteiger partial charge in [-0.3, -0.25) is 9.78 Å². The lowest BCUT2D eigenvalue weighted by Gasteiger charge is -2.40. The summed E-state index contributed by atoms with van der Waals surface area (Å²) in [6.45, 7) is 5.68. The summed E-state index contributed by atoms with van der Waals surface area (Å²) in [6, 6.07) is 4.45. The summed E-state index contributed by atoms with van der Waals surface area (Å²) >= 11 is 0. The summed E-state index contributed by atoms with van der Waals surface area (Å²) in [7, 11) is 0. The Morgan fingerprint density at radius 2 is 2.03 bits per heavy atom. The van der Waals surface area contributed by atoms with Crippen molar-refractivity contribution in [1.29, 1.82) is 0 Å². The van der Waals surface area contributed by atoms with Crippen LogP contribution in [0.3, 0.4) is 0 Å². The highest BCUT2D eigenvalue weighted by Crippen LogP contribution is 2.46. The monoisotopic (exact) mass is 419 g/mol. The van der Waals surface area contributed by atoms with Crippen molar-refractivity contribution in [1.82, 2.24) is 19.9 Å². The van der Waals surface area contributed by atoms with Gasteiger partial charge in [-0.1, -0.05) is 6.92 Å². The van der Waals surface area contributed by atoms with Crippen LogP contribution >= 0.6 is 0 Å². The Morgan fingerprint density at radius 3 is 2.77 bits per heavy atom. The molecule has 2 fully saturated rings. The Hall–Kier alpha value is -2.50. The number of piperidine rings is 1. The molecule has 1 amide bonds. The zero-order valence-electron chi connectivity index (χ0n) is 18.7. The van der Waals surface area contributed by atoms with Gasteiger partial charge < -0.3 is 10.2 Å². The first-order chi connectivity index (χ1) is 15.0. The maximum absolute atomic E-state index is 12.2. The van der Waals surface area contributed by atoms with Crippen LogP contribution < -0.4 is 5.32 Å². The largest absolute Gasteiger partial charge is 0.367 e. The molecule has 164 valence electrons. The third-order valence-electron chi connectivity index (χ3n) is 7.66. The summed E-state index contributed by atoms with van der Waals surface area (Å²) in [6.07, 6.45) is 12.7. The lowest BCUT2D eigenvalue weighted by Crippen LogP contribution is -2.47. The van der Waals surface area contributed by atoms with E-state index in [1.165, 1.54) is 36.9 Å². The Labute approximate surface area is 184 Å². The van der Waals surface area contributed by atoms with Crippen LogP contribution in [-0.4, -0.2) is 44.9 Å². The smallest absolute Gasteiger partial charge is 0.219 e. The number of anilines is 1. The normalized spacial score (nSPS) is 27.9. The lowest BCUT2D eigenvalue weighted by atomic mass is 9.77. The first-order valence-corrected chi connectivity index (χ1v) is 11.9. The average molecular weight is 420 g/mol. The summed E-state index contributed by atoms with van der Waals surface area (Å²) < 4.78 is 0. The van der Waals surface area contributed by atoms with Gasteiger partial charge in [0.15, 0.2) is 5.82 Å². The standard InChI is InChI=1S/C25H33N5O/c1-17-6-8-20(9-7-17)27-24-21-10-12-25(11-4-14-30(16-25)18(2)31)22(21)28-23(29-24)19-5-3-13-26-15-19/h3,5,13,15,17,20H,4,6-12,14,16H2,1-2H3,(H,27,28,29). The van der Waals surface area contributed by atoms with Crippen molar-refractivity contribution in [2.24, 2.45) is 5.92 Å². The van der Waals surface area contributed by atoms with Gasteiger partial charge in [0.2, 0.25) is 5.91 Å². The number of hydrogen-bond acceptors (Lipinski definition) is 5. The molecule has 1 spiro atoms. The topological polar surface area (TPSA) is 71.0 Å². The summed E-state index contributed by atoms with van der Waals surface area (Å²) in [5.74, 6) is 2.76. The molecule has 31 heavy (non-hydrogen) atoms. The van der Waals surface area contributed by atoms with Crippen LogP contribution in [0.4, 0.5) is 5.82 Å². The molecular weight excluding hydrogens is 386 g/mol. The summed E-state index contributed by atoms with van der Waals surface area (Å²) in [5, 5.41) is 3.82. The van der Waals surface area contributed by atoms with Crippen molar-refractivity contribution in [2.45, 2.75) is 76.7 Å². The minimum Gasteiger partial charge on any atom is -0.367 e. The molecule has 5 rings (SSSR count). The fourth-order valence-corrected chi connectivity index (χ4v) is 5.78. The molecule has 1 unspecified atom stereocenters. The van der Waals surface area contributed by atoms with Gasteiger partial charge >= 0.3 is 0 Å². The zero-order chi connectivity index (χ0) is 21.4. The van der Waals surface area contributed by atoms with Gasteiger partial charge in [0, 0.05) is 55.0 Å². The highest BCUT2D eigenvalue weighted by molar-refractivity contribution is 5.73. The Kier molecular flexibility index (Phi) is 5.40. The van der Waals surface area contributed by atoms with Gasteiger partial charge in [-0.15, -0.1) is 0 Å². The molecule has 6 heteroatoms. The molecule has 0 radical (unpaired) electrons. The minimum atomic E-state index is -0.0450. The van der Waals surface area contributed by atoms with Gasteiger partial charge in [0.25, 0.3) is 0 Å². The molecule has 2 aromatic rings. The van der Waals surface area contributed by atoms with Crippen molar-refractivity contribution in [3.05, 3.63) is 35.8 Å². The number of aromatic nitrogens is 3. The van der Waals surface area contributed by atoms with Gasteiger partial charge in [0.1, 0.15) is 5.82 Å². The molecular formula is C25H33N5O. The molecule has 2 aliphatic carbocycles. The predicted octanol–water partition coefficient (Wildman–Crippen LogP) is 4.36. The van der Waals surface area contributed by atoms with Crippen LogP contribution in [0.1, 0.15) is 70.1 Å². The van der Waals surface area contributed by atoms with Crippen LogP contribution in [0.2, 0.25) is 0 Å². The fourth-order valence-electron chi connectivity index (χ4n) is 5.78. The van der Waals surface area contributed by atoms with Gasteiger partial charge in [-0.25, -0.2) is 9.97 Å². The Balaban J connectivity index is 1.55. The van der Waals surface area contributed by atoms with Crippen molar-refractivity contribution in [3.63, 3.8) is 0 Å². The molecule has 2 aromatic heterocycles. The van der Waals surface area contributed by atoms with E-state index >= 15 is 0 Å². The van der Waals surface area contributed by atoms with Crippen LogP contribution in [0.5, 0.6) is 0 Å². The summed E-state index contributed by atoms with van der Waals surface area (Å²) in [5.41, 5.74) is 3.35. The van der Waals surface area contributed by atoms with E-state index in [0.29, 0.717) is 6.04 Å². The van der Waals surface area contributed by atoms with Gasteiger partial charge in [-0.2, -0.15) is 0 Å². The molecule has 1 saturated heterocycles. The fraction of sp³-hybridized carbons (Fsp3) is 0.600. The van der Waals surface area contributed by atoms with E-state index in [1.54, 1.807) is 13.1 Å². The van der Waals surface area contributed by atoms with Crippen molar-refractivity contribution < 1.29 is 4.79 Å². The summed E-state index contributed by atoms with van der Waals surface area (Å²) in [4.78, 5) is 28.6. The number of carbonyl (C=O) groups excluding carboxylic acids is 1. The molecule has 0 aromatic carbocycles. The second-order valence-electron chi connectivity index (χ2n) is 9.89. The quantitative estimate of drug-likeness (QED) is 0.801. The highest BCUT2D eigenvalue weighted by atomic mass is 16.2. The Bertz CT molecular complexity index is 954. The van der Waals surface area contributed by atoms with E-state index in [2.05, 4.69) is 17.2 Å². The first-order valence-electron chi connectivity index (χ1n) is 11.9. The van der Waals surface area contributed by atoms with E-state index in [4.69, 9.17) is 9.97 Å². The van der Waals surface area contributed by atoms with Gasteiger partial charge in [-0.05, 0) is 69.4 Å². The minimum absolute atomic E-state index is 0.0450. The molecule has 1 atom stereocenters. The molecule has 1 saturated carbocycles. The average Bonchev–Trinajstić information content (AvgIpc) is 3.14. The van der Waals surface area contributed by atoms with E-state index in [-0.39, 0.29) is 11.3 Å². The third-order valence-corrected chi connectivity index (χ3v) is 7.66. The molecule has 0 bridgehead atoms. The molecule has 3 aliphatic rings. The number of amides is 1. The Morgan fingerprint density at radius 1 is 1.19 bits per heavy atom. The number of nitrogens with one attached hydrogen (secondary N) is 1. The zero-order valence-corrected chi connectivity index (χ0v) is 18.7. The second kappa shape index (κ2) is 8.21. The lowest BCUT2D eigenvalue weighted by molar-refractivity contribution is -0.131. The molecule has 1 aliphatic heterocycles. The van der Waals surface area contributed by atoms with Crippen molar-refractivity contribution >= 4 is 11.7 Å². The maximum Gasteiger partial charge on any atom is 0.219 e. The van der Waals surface area contributed by atoms with Crippen molar-refractivity contribution in [2.75, 3.05) is 18.4 Å². The third kappa shape index (κ3) is 3.92. The predicted molar refractivity (Wildman–Crippen MR) is 122 cm³/mol. The van der Waals surface area contributed by atoms with E-state index < -0.39 is 0 Å². The number of nitrogens with zero attached hydrogens (tertiary/aromatic N) is 4. The van der Waals surface area contributed by atoms with Crippen LogP contribution in [0.15, 0.2) is 24.5 Å². The second-order valence-corrected chi connectivity index (χ2v) is 9.89. The first kappa shape index (κ1) is 20.4. The number of pyridine rings is 1. The SMILES string of the molecule is CC(=O)N1CCCC2(CCc3c(NC4CCC(C)CC4)nc(-c4cccnc4)nc32)C1. The number of fused-ring (bicyclic) bond motifs is 2. The number of hydrogen-bond donors (Lipinski definition) is 1. The number of rotatable bonds is 3. The van der Waals surface area contributed by atoms with E-state index in [0.717, 1.165) is 61.9 Å². The molecule has 6 nitrogen and oxygen atoms in total. The van der Waals surface area contributed by atoms with Crippen LogP contribution in [0, 0.1) is 5.92 Å². The molecule has 1 N–H and O–H groups in total. The highest BCUT2D eigenvalue weighted by Gasteiger charge is 2.45. The van der Waals surface area contributed by atoms with Gasteiger partial charge in [0.05, 0.1) is 5.69 Å². The van der Waals surface area contributed by atoms with Crippen LogP contribution in [-0.2, 0) is 16.6 Å². The number of carbonyl (C=O) groups is 1. The number of likely N-dealkylation sites (tertiary alicyclic amines) is 1. The van der Waals surface area contributed by atoms with E-state index in [9.17, 15) is 4.79 Å².